The maximum Gasteiger partial charge on any atom is 0.266 e. The molecule has 1 fully saturated rings. The summed E-state index contributed by atoms with van der Waals surface area (Å²) in [6.07, 6.45) is 3.82. The van der Waals surface area contributed by atoms with E-state index in [1.807, 2.05) is 85.4 Å². The van der Waals surface area contributed by atoms with Crippen molar-refractivity contribution in [1.29, 1.82) is 0 Å². The Labute approximate surface area is 185 Å². The maximum absolute atomic E-state index is 12.7. The molecule has 0 N–H and O–H groups in total. The predicted molar refractivity (Wildman–Crippen MR) is 126 cm³/mol. The number of amides is 1. The van der Waals surface area contributed by atoms with Crippen molar-refractivity contribution in [2.75, 3.05) is 13.2 Å². The van der Waals surface area contributed by atoms with Gasteiger partial charge < -0.3 is 4.74 Å². The molecule has 7 heteroatoms. The molecule has 5 nitrogen and oxygen atoms in total. The van der Waals surface area contributed by atoms with Crippen LogP contribution in [0.15, 0.2) is 65.7 Å². The zero-order valence-corrected chi connectivity index (χ0v) is 18.4. The van der Waals surface area contributed by atoms with E-state index in [1.54, 1.807) is 4.90 Å². The fraction of sp³-hybridized carbons (Fsp3) is 0.174. The largest absolute Gasteiger partial charge is 0.494 e. The lowest BCUT2D eigenvalue weighted by atomic mass is 10.1. The van der Waals surface area contributed by atoms with E-state index in [2.05, 4.69) is 0 Å². The van der Waals surface area contributed by atoms with Crippen molar-refractivity contribution >= 4 is 40.3 Å². The topological polar surface area (TPSA) is 47.4 Å². The second kappa shape index (κ2) is 8.85. The molecule has 0 bridgehead atoms. The van der Waals surface area contributed by atoms with Crippen LogP contribution >= 0.6 is 24.0 Å². The number of carbonyl (C=O) groups is 1. The number of likely N-dealkylation sites (N-methyl/N-ethyl adjacent to an activating group) is 1. The molecule has 2 heterocycles. The number of thiocarbonyl (C=S) groups is 1. The molecule has 30 heavy (non-hydrogen) atoms. The van der Waals surface area contributed by atoms with Crippen LogP contribution in [0.25, 0.3) is 23.0 Å². The van der Waals surface area contributed by atoms with E-state index in [0.29, 0.717) is 22.4 Å². The molecule has 0 saturated carbocycles. The summed E-state index contributed by atoms with van der Waals surface area (Å²) in [6, 6.07) is 17.7. The predicted octanol–water partition coefficient (Wildman–Crippen LogP) is 5.16. The normalized spacial score (nSPS) is 15.3. The summed E-state index contributed by atoms with van der Waals surface area (Å²) in [7, 11) is 0. The van der Waals surface area contributed by atoms with E-state index in [1.165, 1.54) is 11.8 Å². The fourth-order valence-corrected chi connectivity index (χ4v) is 4.62. The minimum atomic E-state index is -0.0611. The summed E-state index contributed by atoms with van der Waals surface area (Å²) >= 11 is 6.68. The van der Waals surface area contributed by atoms with Gasteiger partial charge >= 0.3 is 0 Å². The van der Waals surface area contributed by atoms with E-state index in [-0.39, 0.29) is 5.91 Å². The molecule has 1 aromatic heterocycles. The first-order valence-electron chi connectivity index (χ1n) is 9.74. The highest BCUT2D eigenvalue weighted by Crippen LogP contribution is 2.35. The molecule has 152 valence electrons. The van der Waals surface area contributed by atoms with E-state index in [4.69, 9.17) is 22.1 Å². The number of rotatable bonds is 6. The summed E-state index contributed by atoms with van der Waals surface area (Å²) in [5.41, 5.74) is 3.50. The first kappa shape index (κ1) is 20.4. The standard InChI is InChI=1S/C23H21N3O2S2/c1-3-25-22(27)20(30-23(25)29)14-17-15-26(18-10-6-5-7-11-18)24-21(17)16-9-8-12-19(13-16)28-4-2/h5-15H,3-4H2,1-2H3. The van der Waals surface area contributed by atoms with Gasteiger partial charge in [-0.15, -0.1) is 0 Å². The van der Waals surface area contributed by atoms with Crippen LogP contribution in [0.2, 0.25) is 0 Å². The van der Waals surface area contributed by atoms with Crippen molar-refractivity contribution in [3.63, 3.8) is 0 Å². The quantitative estimate of drug-likeness (QED) is 0.395. The molecule has 1 amide bonds. The number of nitrogens with zero attached hydrogens (tertiary/aromatic N) is 3. The third-order valence-electron chi connectivity index (χ3n) is 4.66. The van der Waals surface area contributed by atoms with Gasteiger partial charge in [-0.1, -0.05) is 54.3 Å². The van der Waals surface area contributed by atoms with Gasteiger partial charge in [-0.2, -0.15) is 5.10 Å². The molecule has 3 aromatic rings. The van der Waals surface area contributed by atoms with Gasteiger partial charge in [-0.05, 0) is 44.2 Å². The molecule has 0 radical (unpaired) electrons. The average Bonchev–Trinajstić information content (AvgIpc) is 3.30. The number of carbonyl (C=O) groups excluding carboxylic acids is 1. The maximum atomic E-state index is 12.7. The van der Waals surface area contributed by atoms with Crippen LogP contribution in [-0.2, 0) is 4.79 Å². The Kier molecular flexibility index (Phi) is 6.01. The van der Waals surface area contributed by atoms with Gasteiger partial charge in [0.1, 0.15) is 15.8 Å². The van der Waals surface area contributed by atoms with Crippen LogP contribution in [0.3, 0.4) is 0 Å². The summed E-state index contributed by atoms with van der Waals surface area (Å²) < 4.78 is 8.08. The van der Waals surface area contributed by atoms with Crippen LogP contribution in [0.1, 0.15) is 19.4 Å². The number of benzene rings is 2. The Morgan fingerprint density at radius 3 is 2.63 bits per heavy atom. The van der Waals surface area contributed by atoms with Crippen molar-refractivity contribution in [1.82, 2.24) is 14.7 Å². The average molecular weight is 436 g/mol. The molecule has 2 aromatic carbocycles. The second-order valence-corrected chi connectivity index (χ2v) is 8.28. The first-order chi connectivity index (χ1) is 14.6. The Morgan fingerprint density at radius 2 is 1.93 bits per heavy atom. The highest BCUT2D eigenvalue weighted by molar-refractivity contribution is 8.26. The molecule has 1 saturated heterocycles. The third-order valence-corrected chi connectivity index (χ3v) is 6.04. The Balaban J connectivity index is 1.82. The minimum Gasteiger partial charge on any atom is -0.494 e. The van der Waals surface area contributed by atoms with Crippen LogP contribution in [0, 0.1) is 0 Å². The Hall–Kier alpha value is -2.90. The van der Waals surface area contributed by atoms with Crippen molar-refractivity contribution < 1.29 is 9.53 Å². The van der Waals surface area contributed by atoms with E-state index < -0.39 is 0 Å². The van der Waals surface area contributed by atoms with Gasteiger partial charge in [-0.25, -0.2) is 4.68 Å². The zero-order chi connectivity index (χ0) is 21.1. The van der Waals surface area contributed by atoms with E-state index in [0.717, 1.165) is 28.3 Å². The van der Waals surface area contributed by atoms with Crippen LogP contribution in [0.5, 0.6) is 5.75 Å². The highest BCUT2D eigenvalue weighted by Gasteiger charge is 2.31. The Morgan fingerprint density at radius 1 is 1.13 bits per heavy atom. The number of aromatic nitrogens is 2. The first-order valence-corrected chi connectivity index (χ1v) is 11.0. The number of hydrogen-bond acceptors (Lipinski definition) is 5. The number of hydrogen-bond donors (Lipinski definition) is 0. The summed E-state index contributed by atoms with van der Waals surface area (Å²) in [5, 5.41) is 4.83. The number of ether oxygens (including phenoxy) is 1. The van der Waals surface area contributed by atoms with Crippen molar-refractivity contribution in [2.24, 2.45) is 0 Å². The molecule has 0 unspecified atom stereocenters. The summed E-state index contributed by atoms with van der Waals surface area (Å²) in [6.45, 7) is 5.03. The zero-order valence-electron chi connectivity index (χ0n) is 16.7. The summed E-state index contributed by atoms with van der Waals surface area (Å²) in [4.78, 5) is 14.9. The van der Waals surface area contributed by atoms with Crippen LogP contribution in [0.4, 0.5) is 0 Å². The van der Waals surface area contributed by atoms with Crippen LogP contribution < -0.4 is 4.74 Å². The van der Waals surface area contributed by atoms with Gasteiger partial charge in [-0.3, -0.25) is 9.69 Å². The number of para-hydroxylation sites is 1. The second-order valence-electron chi connectivity index (χ2n) is 6.60. The van der Waals surface area contributed by atoms with Gasteiger partial charge in [0.15, 0.2) is 0 Å². The summed E-state index contributed by atoms with van der Waals surface area (Å²) in [5.74, 6) is 0.724. The lowest BCUT2D eigenvalue weighted by Gasteiger charge is -2.09. The molecule has 0 atom stereocenters. The smallest absolute Gasteiger partial charge is 0.266 e. The minimum absolute atomic E-state index is 0.0611. The van der Waals surface area contributed by atoms with Gasteiger partial charge in [0, 0.05) is 23.9 Å². The molecule has 0 spiro atoms. The van der Waals surface area contributed by atoms with E-state index >= 15 is 0 Å². The lowest BCUT2D eigenvalue weighted by Crippen LogP contribution is -2.27. The van der Waals surface area contributed by atoms with Gasteiger partial charge in [0.2, 0.25) is 0 Å². The van der Waals surface area contributed by atoms with Crippen LogP contribution in [-0.4, -0.2) is 38.1 Å². The van der Waals surface area contributed by atoms with Gasteiger partial charge in [0.05, 0.1) is 17.2 Å². The molecular weight excluding hydrogens is 414 g/mol. The molecule has 1 aliphatic rings. The highest BCUT2D eigenvalue weighted by atomic mass is 32.2. The monoisotopic (exact) mass is 435 g/mol. The lowest BCUT2D eigenvalue weighted by molar-refractivity contribution is -0.121. The molecule has 4 rings (SSSR count). The van der Waals surface area contributed by atoms with Gasteiger partial charge in [0.25, 0.3) is 5.91 Å². The number of thioether (sulfide) groups is 1. The fourth-order valence-electron chi connectivity index (χ4n) is 3.24. The van der Waals surface area contributed by atoms with Crippen molar-refractivity contribution in [3.05, 3.63) is 71.3 Å². The Bertz CT molecular complexity index is 1120. The van der Waals surface area contributed by atoms with E-state index in [9.17, 15) is 4.79 Å². The van der Waals surface area contributed by atoms with Crippen molar-refractivity contribution in [2.45, 2.75) is 13.8 Å². The van der Waals surface area contributed by atoms with Crippen molar-refractivity contribution in [3.8, 4) is 22.7 Å². The molecule has 0 aliphatic carbocycles. The molecule has 1 aliphatic heterocycles. The third kappa shape index (κ3) is 4.04. The molecular formula is C23H21N3O2S2. The SMILES string of the molecule is CCOc1cccc(-c2nn(-c3ccccc3)cc2C=C2SC(=S)N(CC)C2=O)c1.